The molecule has 1 N–H and O–H groups in total. The highest BCUT2D eigenvalue weighted by Crippen LogP contribution is 2.16. The van der Waals surface area contributed by atoms with Crippen molar-refractivity contribution < 1.29 is 22.5 Å². The number of hydrogen-bond acceptors (Lipinski definition) is 7. The molecule has 1 heterocycles. The van der Waals surface area contributed by atoms with Gasteiger partial charge in [0.05, 0.1) is 15.7 Å². The molecule has 0 aliphatic carbocycles. The van der Waals surface area contributed by atoms with Gasteiger partial charge < -0.3 is 19.5 Å². The zero-order valence-corrected chi connectivity index (χ0v) is 16.5. The molecular formula is C18H29N2O5S-. The van der Waals surface area contributed by atoms with Gasteiger partial charge in [-0.05, 0) is 50.6 Å². The van der Waals surface area contributed by atoms with Crippen LogP contribution in [-0.4, -0.2) is 62.9 Å². The van der Waals surface area contributed by atoms with E-state index in [1.165, 1.54) is 6.42 Å². The number of ether oxygens (including phenoxy) is 1. The molecule has 1 fully saturated rings. The Morgan fingerprint density at radius 1 is 1.27 bits per heavy atom. The van der Waals surface area contributed by atoms with Gasteiger partial charge >= 0.3 is 5.97 Å². The van der Waals surface area contributed by atoms with E-state index >= 15 is 0 Å². The Kier molecular flexibility index (Phi) is 9.61. The van der Waals surface area contributed by atoms with Crippen molar-refractivity contribution in [3.05, 3.63) is 29.8 Å². The molecule has 1 aromatic carbocycles. The third-order valence-electron chi connectivity index (χ3n) is 3.92. The van der Waals surface area contributed by atoms with Crippen molar-refractivity contribution in [1.82, 2.24) is 4.90 Å². The first kappa shape index (κ1) is 22.4. The number of carbonyl (C=O) groups is 1. The van der Waals surface area contributed by atoms with Crippen molar-refractivity contribution >= 4 is 21.8 Å². The predicted octanol–water partition coefficient (Wildman–Crippen LogP) is 2.31. The van der Waals surface area contributed by atoms with Crippen LogP contribution < -0.4 is 5.32 Å². The molecule has 2 rings (SSSR count). The molecule has 1 aliphatic rings. The number of hydrogen-bond donors (Lipinski definition) is 1. The fraction of sp³-hybridized carbons (Fsp3) is 0.611. The first-order chi connectivity index (χ1) is 12.2. The molecule has 26 heavy (non-hydrogen) atoms. The van der Waals surface area contributed by atoms with Gasteiger partial charge in [-0.15, -0.1) is 0 Å². The van der Waals surface area contributed by atoms with Crippen LogP contribution in [0.5, 0.6) is 0 Å². The van der Waals surface area contributed by atoms with E-state index in [1.54, 1.807) is 0 Å². The van der Waals surface area contributed by atoms with E-state index in [4.69, 9.17) is 17.7 Å². The molecule has 0 unspecified atom stereocenters. The molecule has 0 atom stereocenters. The first-order valence-corrected chi connectivity index (χ1v) is 10.6. The number of benzene rings is 1. The van der Waals surface area contributed by atoms with E-state index in [9.17, 15) is 4.79 Å². The third-order valence-corrected chi connectivity index (χ3v) is 3.92. The molecule has 0 amide bonds. The minimum absolute atomic E-state index is 0.0658. The topological polar surface area (TPSA) is 98.8 Å². The summed E-state index contributed by atoms with van der Waals surface area (Å²) in [6.07, 6.45) is 4.86. The van der Waals surface area contributed by atoms with Crippen LogP contribution in [0, 0.1) is 0 Å². The molecular weight excluding hydrogens is 356 g/mol. The lowest BCUT2D eigenvalue weighted by Crippen LogP contribution is -2.35. The predicted molar refractivity (Wildman–Crippen MR) is 101 cm³/mol. The summed E-state index contributed by atoms with van der Waals surface area (Å²) in [5, 5.41) is 3.34. The van der Waals surface area contributed by atoms with Crippen LogP contribution >= 0.6 is 0 Å². The Hall–Kier alpha value is -1.64. The van der Waals surface area contributed by atoms with Gasteiger partial charge in [0.1, 0.15) is 6.10 Å². The Labute approximate surface area is 156 Å². The van der Waals surface area contributed by atoms with E-state index in [2.05, 4.69) is 24.2 Å². The number of nitrogens with one attached hydrogen (secondary N) is 1. The zero-order chi connectivity index (χ0) is 19.6. The monoisotopic (exact) mass is 385 g/mol. The average molecular weight is 386 g/mol. The highest BCUT2D eigenvalue weighted by atomic mass is 32.2. The number of anilines is 1. The summed E-state index contributed by atoms with van der Waals surface area (Å²) >= 11 is 0. The molecule has 148 valence electrons. The van der Waals surface area contributed by atoms with Gasteiger partial charge in [-0.1, -0.05) is 13.3 Å². The Morgan fingerprint density at radius 3 is 2.31 bits per heavy atom. The second kappa shape index (κ2) is 11.2. The highest BCUT2D eigenvalue weighted by molar-refractivity contribution is 7.84. The summed E-state index contributed by atoms with van der Waals surface area (Å²) in [6.45, 7) is 5.14. The minimum atomic E-state index is -3.92. The number of carbonyl (C=O) groups excluding carboxylic acids is 1. The number of esters is 1. The third kappa shape index (κ3) is 10.4. The van der Waals surface area contributed by atoms with E-state index in [-0.39, 0.29) is 12.1 Å². The van der Waals surface area contributed by atoms with Crippen LogP contribution in [0.15, 0.2) is 24.3 Å². The normalized spacial score (nSPS) is 15.7. The maximum absolute atomic E-state index is 12.1. The van der Waals surface area contributed by atoms with Crippen LogP contribution in [0.25, 0.3) is 0 Å². The summed E-state index contributed by atoms with van der Waals surface area (Å²) in [6, 6.07) is 7.57. The van der Waals surface area contributed by atoms with Gasteiger partial charge in [0.25, 0.3) is 0 Å². The van der Waals surface area contributed by atoms with Gasteiger partial charge in [0.15, 0.2) is 0 Å². The summed E-state index contributed by atoms with van der Waals surface area (Å²) in [5.41, 5.74) is 1.69. The largest absolute Gasteiger partial charge is 0.748 e. The Bertz CT molecular complexity index is 630. The second-order valence-corrected chi connectivity index (χ2v) is 7.88. The summed E-state index contributed by atoms with van der Waals surface area (Å²) in [4.78, 5) is 14.4. The number of likely N-dealkylation sites (tertiary alicyclic amines) is 1. The first-order valence-electron chi connectivity index (χ1n) is 8.83. The fourth-order valence-electron chi connectivity index (χ4n) is 2.46. The van der Waals surface area contributed by atoms with Gasteiger partial charge in [0, 0.05) is 31.6 Å². The van der Waals surface area contributed by atoms with Crippen molar-refractivity contribution in [3.8, 4) is 0 Å². The lowest BCUT2D eigenvalue weighted by molar-refractivity contribution is 0.0139. The zero-order valence-electron chi connectivity index (χ0n) is 15.7. The molecule has 1 saturated heterocycles. The van der Waals surface area contributed by atoms with E-state index in [1.807, 2.05) is 24.3 Å². The highest BCUT2D eigenvalue weighted by Gasteiger charge is 2.20. The molecule has 1 aliphatic heterocycles. The average Bonchev–Trinajstić information content (AvgIpc) is 2.56. The van der Waals surface area contributed by atoms with Gasteiger partial charge in [-0.2, -0.15) is 0 Å². The van der Waals surface area contributed by atoms with Crippen molar-refractivity contribution in [1.29, 1.82) is 0 Å². The Morgan fingerprint density at radius 2 is 1.81 bits per heavy atom. The van der Waals surface area contributed by atoms with Crippen LogP contribution in [-0.2, 0) is 14.9 Å². The number of piperidine rings is 1. The van der Waals surface area contributed by atoms with Gasteiger partial charge in [0.2, 0.25) is 0 Å². The van der Waals surface area contributed by atoms with Gasteiger partial charge in [-0.25, -0.2) is 13.2 Å². The van der Waals surface area contributed by atoms with E-state index in [0.717, 1.165) is 44.6 Å². The summed E-state index contributed by atoms with van der Waals surface area (Å²) in [5.74, 6) is -0.204. The molecule has 0 spiro atoms. The van der Waals surface area contributed by atoms with Gasteiger partial charge in [-0.3, -0.25) is 0 Å². The number of rotatable bonds is 6. The fourth-order valence-corrected chi connectivity index (χ4v) is 2.46. The van der Waals surface area contributed by atoms with Crippen molar-refractivity contribution in [2.45, 2.75) is 38.7 Å². The SMILES string of the molecule is CCCCNc1ccc(C(=O)OC2CCN(C)CC2)cc1.CS(=O)(=O)[O-]. The lowest BCUT2D eigenvalue weighted by Gasteiger charge is -2.28. The van der Waals surface area contributed by atoms with Crippen molar-refractivity contribution in [3.63, 3.8) is 0 Å². The maximum Gasteiger partial charge on any atom is 0.338 e. The second-order valence-electron chi connectivity index (χ2n) is 6.47. The number of unbranched alkanes of at least 4 members (excludes halogenated alkanes) is 1. The van der Waals surface area contributed by atoms with E-state index < -0.39 is 10.1 Å². The minimum Gasteiger partial charge on any atom is -0.748 e. The number of nitrogens with zero attached hydrogens (tertiary/aromatic N) is 1. The molecule has 8 heteroatoms. The molecule has 0 bridgehead atoms. The maximum atomic E-state index is 12.1. The lowest BCUT2D eigenvalue weighted by atomic mass is 10.1. The van der Waals surface area contributed by atoms with Crippen molar-refractivity contribution in [2.24, 2.45) is 0 Å². The molecule has 7 nitrogen and oxygen atoms in total. The van der Waals surface area contributed by atoms with Crippen LogP contribution in [0.2, 0.25) is 0 Å². The quantitative estimate of drug-likeness (QED) is 0.456. The molecule has 0 aromatic heterocycles. The van der Waals surface area contributed by atoms with Crippen LogP contribution in [0.1, 0.15) is 43.0 Å². The van der Waals surface area contributed by atoms with E-state index in [0.29, 0.717) is 11.8 Å². The van der Waals surface area contributed by atoms with Crippen LogP contribution in [0.4, 0.5) is 5.69 Å². The molecule has 0 saturated carbocycles. The summed E-state index contributed by atoms with van der Waals surface area (Å²) < 4.78 is 32.8. The Balaban J connectivity index is 0.000000597. The smallest absolute Gasteiger partial charge is 0.338 e. The molecule has 1 aromatic rings. The standard InChI is InChI=1S/C17H26N2O2.CH4O3S/c1-3-4-11-18-15-7-5-14(6-8-15)17(20)21-16-9-12-19(2)13-10-16;1-5(2,3)4/h5-8,16,18H,3-4,9-13H2,1-2H3;1H3,(H,2,3,4)/p-1. The van der Waals surface area contributed by atoms with Crippen molar-refractivity contribution in [2.75, 3.05) is 38.3 Å². The molecule has 0 radical (unpaired) electrons. The van der Waals surface area contributed by atoms with Crippen LogP contribution in [0.3, 0.4) is 0 Å². The summed E-state index contributed by atoms with van der Waals surface area (Å²) in [7, 11) is -1.82.